The predicted molar refractivity (Wildman–Crippen MR) is 117 cm³/mol. The largest absolute Gasteiger partial charge is 0.493 e. The van der Waals surface area contributed by atoms with Gasteiger partial charge in [0.25, 0.3) is 5.91 Å². The van der Waals surface area contributed by atoms with Crippen molar-refractivity contribution in [2.75, 3.05) is 0 Å². The third-order valence-electron chi connectivity index (χ3n) is 4.56. The maximum atomic E-state index is 12.7. The van der Waals surface area contributed by atoms with Gasteiger partial charge in [0.15, 0.2) is 10.6 Å². The standard InChI is InChI=1S/C22H13BrN4O2S/c23-13-9-10-16-15(12-13)18(20(28)25-16)19-21(29)27(14-6-2-1-3-7-14)22(30-19)26-17-8-4-5-11-24-17/h1-12,29H/b26-22+. The van der Waals surface area contributed by atoms with Crippen LogP contribution in [0.1, 0.15) is 4.88 Å². The van der Waals surface area contributed by atoms with Gasteiger partial charge in [-0.1, -0.05) is 51.5 Å². The highest BCUT2D eigenvalue weighted by atomic mass is 79.9. The highest BCUT2D eigenvalue weighted by Gasteiger charge is 2.26. The first-order chi connectivity index (χ1) is 14.6. The molecule has 3 heterocycles. The summed E-state index contributed by atoms with van der Waals surface area (Å²) >= 11 is 4.67. The van der Waals surface area contributed by atoms with E-state index < -0.39 is 0 Å². The fourth-order valence-corrected chi connectivity index (χ4v) is 4.69. The number of para-hydroxylation sites is 1. The van der Waals surface area contributed by atoms with Crippen molar-refractivity contribution < 1.29 is 9.90 Å². The Hall–Kier alpha value is -3.36. The van der Waals surface area contributed by atoms with E-state index in [2.05, 4.69) is 30.9 Å². The van der Waals surface area contributed by atoms with E-state index in [1.54, 1.807) is 22.9 Å². The van der Waals surface area contributed by atoms with Crippen LogP contribution in [-0.4, -0.2) is 20.6 Å². The number of carbonyl (C=O) groups excluding carboxylic acids is 1. The number of aromatic nitrogens is 2. The second kappa shape index (κ2) is 7.47. The minimum Gasteiger partial charge on any atom is -0.493 e. The molecule has 1 aliphatic rings. The molecule has 1 amide bonds. The normalized spacial score (nSPS) is 13.4. The lowest BCUT2D eigenvalue weighted by Gasteiger charge is -2.05. The molecule has 1 N–H and O–H groups in total. The molecule has 30 heavy (non-hydrogen) atoms. The van der Waals surface area contributed by atoms with Crippen molar-refractivity contribution in [3.8, 4) is 11.6 Å². The molecule has 0 saturated carbocycles. The van der Waals surface area contributed by atoms with E-state index in [1.807, 2.05) is 54.6 Å². The van der Waals surface area contributed by atoms with Gasteiger partial charge < -0.3 is 5.11 Å². The Morgan fingerprint density at radius 2 is 1.83 bits per heavy atom. The Balaban J connectivity index is 1.85. The molecular weight excluding hydrogens is 464 g/mol. The SMILES string of the molecule is O=C1N=c2ccc(Br)cc2=C1c1s/c(=N/c2ccccn2)n(-c2ccccc2)c1O. The third kappa shape index (κ3) is 3.20. The zero-order valence-electron chi connectivity index (χ0n) is 15.4. The molecule has 0 bridgehead atoms. The summed E-state index contributed by atoms with van der Waals surface area (Å²) in [4.78, 5) is 26.7. The van der Waals surface area contributed by atoms with Crippen LogP contribution in [0.5, 0.6) is 5.88 Å². The van der Waals surface area contributed by atoms with Gasteiger partial charge in [-0.15, -0.1) is 0 Å². The second-order valence-electron chi connectivity index (χ2n) is 6.46. The zero-order valence-corrected chi connectivity index (χ0v) is 17.8. The first-order valence-corrected chi connectivity index (χ1v) is 10.6. The monoisotopic (exact) mass is 476 g/mol. The van der Waals surface area contributed by atoms with E-state index in [1.165, 1.54) is 11.3 Å². The first-order valence-electron chi connectivity index (χ1n) is 9.01. The number of hydrogen-bond acceptors (Lipinski definition) is 5. The van der Waals surface area contributed by atoms with Crippen LogP contribution >= 0.6 is 27.3 Å². The molecule has 146 valence electrons. The lowest BCUT2D eigenvalue weighted by molar-refractivity contribution is -0.112. The Labute approximate surface area is 183 Å². The van der Waals surface area contributed by atoms with Crippen LogP contribution in [0.4, 0.5) is 5.82 Å². The highest BCUT2D eigenvalue weighted by Crippen LogP contribution is 2.31. The molecule has 8 heteroatoms. The van der Waals surface area contributed by atoms with Gasteiger partial charge in [-0.3, -0.25) is 9.36 Å². The minimum absolute atomic E-state index is 0.0627. The first kappa shape index (κ1) is 18.7. The molecule has 0 fully saturated rings. The summed E-state index contributed by atoms with van der Waals surface area (Å²) < 4.78 is 2.44. The molecule has 0 saturated heterocycles. The number of hydrogen-bond donors (Lipinski definition) is 1. The van der Waals surface area contributed by atoms with Crippen molar-refractivity contribution in [1.29, 1.82) is 0 Å². The molecule has 0 spiro atoms. The van der Waals surface area contributed by atoms with Gasteiger partial charge >= 0.3 is 0 Å². The summed E-state index contributed by atoms with van der Waals surface area (Å²) in [6.45, 7) is 0. The summed E-state index contributed by atoms with van der Waals surface area (Å²) in [6.07, 6.45) is 1.65. The van der Waals surface area contributed by atoms with E-state index in [-0.39, 0.29) is 11.8 Å². The lowest BCUT2D eigenvalue weighted by atomic mass is 10.1. The van der Waals surface area contributed by atoms with Gasteiger partial charge in [0, 0.05) is 15.9 Å². The number of aromatic hydroxyl groups is 1. The quantitative estimate of drug-likeness (QED) is 0.493. The average Bonchev–Trinajstić information content (AvgIpc) is 3.24. The van der Waals surface area contributed by atoms with Gasteiger partial charge in [-0.2, -0.15) is 0 Å². The van der Waals surface area contributed by atoms with Gasteiger partial charge in [0.05, 0.1) is 16.6 Å². The van der Waals surface area contributed by atoms with Crippen molar-refractivity contribution in [2.45, 2.75) is 0 Å². The van der Waals surface area contributed by atoms with Crippen LogP contribution in [-0.2, 0) is 4.79 Å². The topological polar surface area (TPSA) is 79.8 Å². The molecular formula is C22H13BrN4O2S. The third-order valence-corrected chi connectivity index (χ3v) is 6.10. The molecule has 0 atom stereocenters. The summed E-state index contributed by atoms with van der Waals surface area (Å²) in [5.41, 5.74) is 1.09. The number of pyridine rings is 1. The predicted octanol–water partition coefficient (Wildman–Crippen LogP) is 2.99. The smallest absolute Gasteiger partial charge is 0.279 e. The molecule has 0 unspecified atom stereocenters. The Kier molecular flexibility index (Phi) is 4.65. The zero-order chi connectivity index (χ0) is 20.7. The van der Waals surface area contributed by atoms with Gasteiger partial charge in [0.2, 0.25) is 5.88 Å². The van der Waals surface area contributed by atoms with Crippen molar-refractivity contribution >= 4 is 44.6 Å². The van der Waals surface area contributed by atoms with Crippen LogP contribution in [0.3, 0.4) is 0 Å². The number of amides is 1. The summed E-state index contributed by atoms with van der Waals surface area (Å²) in [5.74, 6) is 0.0575. The molecule has 0 aliphatic carbocycles. The second-order valence-corrected chi connectivity index (χ2v) is 8.35. The maximum Gasteiger partial charge on any atom is 0.279 e. The number of nitrogens with zero attached hydrogens (tertiary/aromatic N) is 4. The molecule has 6 nitrogen and oxygen atoms in total. The lowest BCUT2D eigenvalue weighted by Crippen LogP contribution is -2.22. The van der Waals surface area contributed by atoms with Crippen molar-refractivity contribution in [3.05, 3.63) is 97.7 Å². The van der Waals surface area contributed by atoms with Crippen molar-refractivity contribution in [1.82, 2.24) is 9.55 Å². The molecule has 0 radical (unpaired) electrons. The molecule has 1 aliphatic heterocycles. The van der Waals surface area contributed by atoms with E-state index in [4.69, 9.17) is 0 Å². The summed E-state index contributed by atoms with van der Waals surface area (Å²) in [6, 6.07) is 20.2. The summed E-state index contributed by atoms with van der Waals surface area (Å²) in [7, 11) is 0. The van der Waals surface area contributed by atoms with E-state index >= 15 is 0 Å². The highest BCUT2D eigenvalue weighted by molar-refractivity contribution is 9.10. The van der Waals surface area contributed by atoms with Crippen LogP contribution in [0.25, 0.3) is 11.3 Å². The number of halogens is 1. The van der Waals surface area contributed by atoms with Crippen molar-refractivity contribution in [3.63, 3.8) is 0 Å². The van der Waals surface area contributed by atoms with Gasteiger partial charge in [0.1, 0.15) is 4.88 Å². The van der Waals surface area contributed by atoms with Crippen LogP contribution in [0.2, 0.25) is 0 Å². The van der Waals surface area contributed by atoms with Gasteiger partial charge in [-0.05, 0) is 42.5 Å². The molecule has 2 aromatic carbocycles. The Bertz CT molecular complexity index is 1480. The number of fused-ring (bicyclic) bond motifs is 1. The minimum atomic E-state index is -0.385. The van der Waals surface area contributed by atoms with E-state index in [0.29, 0.717) is 31.6 Å². The number of benzene rings is 2. The van der Waals surface area contributed by atoms with Crippen LogP contribution in [0.15, 0.2) is 87.4 Å². The fourth-order valence-electron chi connectivity index (χ4n) is 3.24. The number of carbonyl (C=O) groups is 1. The maximum absolute atomic E-state index is 12.7. The van der Waals surface area contributed by atoms with E-state index in [9.17, 15) is 9.90 Å². The average molecular weight is 477 g/mol. The number of thiazole rings is 1. The number of rotatable bonds is 3. The van der Waals surface area contributed by atoms with Crippen LogP contribution in [0, 0.1) is 0 Å². The fraction of sp³-hybridized carbons (Fsp3) is 0. The van der Waals surface area contributed by atoms with Crippen molar-refractivity contribution in [2.24, 2.45) is 9.98 Å². The molecule has 5 rings (SSSR count). The Morgan fingerprint density at radius 1 is 1.03 bits per heavy atom. The van der Waals surface area contributed by atoms with E-state index in [0.717, 1.165) is 10.2 Å². The van der Waals surface area contributed by atoms with Crippen LogP contribution < -0.4 is 15.4 Å². The molecule has 2 aromatic heterocycles. The Morgan fingerprint density at radius 3 is 2.60 bits per heavy atom. The summed E-state index contributed by atoms with van der Waals surface area (Å²) in [5, 5.41) is 12.4. The van der Waals surface area contributed by atoms with Gasteiger partial charge in [-0.25, -0.2) is 15.0 Å². The molecule has 4 aromatic rings.